The molecular formula is C30H52O5. The topological polar surface area (TPSA) is 101 Å². The van der Waals surface area contributed by atoms with Crippen LogP contribution in [0.15, 0.2) is 11.6 Å². The number of aliphatic hydroxyl groups is 5. The van der Waals surface area contributed by atoms with Crippen molar-refractivity contribution in [3.05, 3.63) is 11.6 Å². The van der Waals surface area contributed by atoms with Crippen LogP contribution < -0.4 is 0 Å². The highest BCUT2D eigenvalue weighted by molar-refractivity contribution is 5.30. The van der Waals surface area contributed by atoms with Crippen molar-refractivity contribution >= 4 is 0 Å². The zero-order valence-electron chi connectivity index (χ0n) is 23.4. The van der Waals surface area contributed by atoms with Crippen LogP contribution in [0.5, 0.6) is 0 Å². The zero-order valence-corrected chi connectivity index (χ0v) is 23.4. The highest BCUT2D eigenvalue weighted by Gasteiger charge is 2.67. The van der Waals surface area contributed by atoms with Gasteiger partial charge in [-0.15, -0.1) is 0 Å². The van der Waals surface area contributed by atoms with Crippen LogP contribution in [0.2, 0.25) is 0 Å². The molecule has 202 valence electrons. The lowest BCUT2D eigenvalue weighted by Gasteiger charge is -2.66. The van der Waals surface area contributed by atoms with E-state index >= 15 is 0 Å². The van der Waals surface area contributed by atoms with Crippen LogP contribution in [0.3, 0.4) is 0 Å². The minimum atomic E-state index is -1.48. The van der Waals surface area contributed by atoms with E-state index in [1.54, 1.807) is 0 Å². The Kier molecular flexibility index (Phi) is 6.72. The zero-order chi connectivity index (χ0) is 26.4. The van der Waals surface area contributed by atoms with Gasteiger partial charge in [0.2, 0.25) is 0 Å². The van der Waals surface area contributed by atoms with Crippen molar-refractivity contribution < 1.29 is 25.5 Å². The normalized spacial score (nSPS) is 46.5. The molecule has 0 bridgehead atoms. The van der Waals surface area contributed by atoms with Gasteiger partial charge in [0.1, 0.15) is 12.2 Å². The maximum Gasteiger partial charge on any atom is 0.110 e. The van der Waals surface area contributed by atoms with Gasteiger partial charge in [-0.3, -0.25) is 0 Å². The standard InChI is InChI=1S/C30H52O5/c1-17(23(32)24(33)25(34)27(4,5)35)18-13-14-30(8)21-11-9-19-20(10-12-22(31)26(19,2)3)28(21,6)15-16-29(18,30)7/h9,17-18,20-25,31-35H,10-16H2,1-8H3/t17-,18+,20+,21+,22-,23-,24+,25-,28-,29+,30-/m0/s1. The first-order valence-corrected chi connectivity index (χ1v) is 14.1. The van der Waals surface area contributed by atoms with E-state index in [4.69, 9.17) is 0 Å². The lowest BCUT2D eigenvalue weighted by molar-refractivity contribution is -0.171. The van der Waals surface area contributed by atoms with Crippen molar-refractivity contribution in [1.82, 2.24) is 0 Å². The minimum Gasteiger partial charge on any atom is -0.392 e. The Bertz CT molecular complexity index is 844. The monoisotopic (exact) mass is 492 g/mol. The number of hydrogen-bond donors (Lipinski definition) is 5. The molecule has 5 heteroatoms. The molecule has 5 nitrogen and oxygen atoms in total. The summed E-state index contributed by atoms with van der Waals surface area (Å²) in [4.78, 5) is 0. The predicted molar refractivity (Wildman–Crippen MR) is 138 cm³/mol. The summed E-state index contributed by atoms with van der Waals surface area (Å²) in [6.07, 6.45) is 5.68. The summed E-state index contributed by atoms with van der Waals surface area (Å²) in [6, 6.07) is 0. The molecule has 0 amide bonds. The molecule has 4 aliphatic carbocycles. The summed E-state index contributed by atoms with van der Waals surface area (Å²) < 4.78 is 0. The van der Waals surface area contributed by atoms with Gasteiger partial charge in [-0.05, 0) is 98.7 Å². The Morgan fingerprint density at radius 3 is 2.11 bits per heavy atom. The van der Waals surface area contributed by atoms with Gasteiger partial charge in [0.05, 0.1) is 17.8 Å². The van der Waals surface area contributed by atoms with E-state index in [0.29, 0.717) is 11.8 Å². The molecule has 3 saturated carbocycles. The second-order valence-corrected chi connectivity index (χ2v) is 14.7. The molecule has 0 aromatic heterocycles. The second kappa shape index (κ2) is 8.53. The Morgan fingerprint density at radius 1 is 0.886 bits per heavy atom. The fraction of sp³-hybridized carbons (Fsp3) is 0.933. The predicted octanol–water partition coefficient (Wildman–Crippen LogP) is 4.44. The van der Waals surface area contributed by atoms with Crippen LogP contribution in [0.4, 0.5) is 0 Å². The third kappa shape index (κ3) is 3.81. The summed E-state index contributed by atoms with van der Waals surface area (Å²) in [5.41, 5.74) is 0.209. The van der Waals surface area contributed by atoms with E-state index in [-0.39, 0.29) is 39.6 Å². The van der Waals surface area contributed by atoms with Gasteiger partial charge in [-0.1, -0.05) is 53.2 Å². The van der Waals surface area contributed by atoms with Gasteiger partial charge in [0.15, 0.2) is 0 Å². The lowest BCUT2D eigenvalue weighted by atomic mass is 9.39. The molecule has 0 aromatic carbocycles. The molecule has 0 saturated heterocycles. The average molecular weight is 493 g/mol. The number of fused-ring (bicyclic) bond motifs is 5. The van der Waals surface area contributed by atoms with E-state index < -0.39 is 23.9 Å². The first kappa shape index (κ1) is 27.6. The molecule has 0 spiro atoms. The first-order chi connectivity index (χ1) is 15.9. The number of aliphatic hydroxyl groups excluding tert-OH is 4. The molecule has 4 aliphatic rings. The summed E-state index contributed by atoms with van der Waals surface area (Å²) in [6.45, 7) is 16.8. The van der Waals surface area contributed by atoms with Crippen molar-refractivity contribution in [2.24, 2.45) is 45.3 Å². The first-order valence-electron chi connectivity index (χ1n) is 14.1. The van der Waals surface area contributed by atoms with Gasteiger partial charge in [0, 0.05) is 5.41 Å². The smallest absolute Gasteiger partial charge is 0.110 e. The molecule has 0 heterocycles. The molecule has 0 aromatic rings. The summed E-state index contributed by atoms with van der Waals surface area (Å²) in [5, 5.41) is 53.3. The highest BCUT2D eigenvalue weighted by atomic mass is 16.4. The lowest BCUT2D eigenvalue weighted by Crippen LogP contribution is -2.60. The average Bonchev–Trinajstić information content (AvgIpc) is 3.05. The minimum absolute atomic E-state index is 0.0338. The maximum absolute atomic E-state index is 11.1. The van der Waals surface area contributed by atoms with Crippen LogP contribution in [0.25, 0.3) is 0 Å². The molecule has 35 heavy (non-hydrogen) atoms. The number of rotatable bonds is 5. The van der Waals surface area contributed by atoms with Crippen molar-refractivity contribution in [3.63, 3.8) is 0 Å². The Balaban J connectivity index is 1.63. The molecule has 4 rings (SSSR count). The molecule has 0 radical (unpaired) electrons. The third-order valence-electron chi connectivity index (χ3n) is 12.5. The Labute approximate surface area is 213 Å². The molecule has 3 fully saturated rings. The van der Waals surface area contributed by atoms with Gasteiger partial charge in [0.25, 0.3) is 0 Å². The van der Waals surface area contributed by atoms with Crippen LogP contribution in [0, 0.1) is 45.3 Å². The molecule has 0 unspecified atom stereocenters. The van der Waals surface area contributed by atoms with Crippen LogP contribution in [-0.2, 0) is 0 Å². The third-order valence-corrected chi connectivity index (χ3v) is 12.5. The fourth-order valence-corrected chi connectivity index (χ4v) is 9.72. The summed E-state index contributed by atoms with van der Waals surface area (Å²) >= 11 is 0. The summed E-state index contributed by atoms with van der Waals surface area (Å²) in [5.74, 6) is 1.13. The van der Waals surface area contributed by atoms with Crippen molar-refractivity contribution in [1.29, 1.82) is 0 Å². The quantitative estimate of drug-likeness (QED) is 0.365. The van der Waals surface area contributed by atoms with Crippen LogP contribution >= 0.6 is 0 Å². The fourth-order valence-electron chi connectivity index (χ4n) is 9.72. The van der Waals surface area contributed by atoms with E-state index in [1.165, 1.54) is 19.4 Å². The van der Waals surface area contributed by atoms with Crippen molar-refractivity contribution in [2.45, 2.75) is 130 Å². The van der Waals surface area contributed by atoms with E-state index in [1.807, 2.05) is 6.92 Å². The van der Waals surface area contributed by atoms with Crippen LogP contribution in [-0.4, -0.2) is 55.5 Å². The van der Waals surface area contributed by atoms with E-state index in [0.717, 1.165) is 44.9 Å². The number of hydrogen-bond acceptors (Lipinski definition) is 5. The Morgan fingerprint density at radius 2 is 1.51 bits per heavy atom. The summed E-state index contributed by atoms with van der Waals surface area (Å²) in [7, 11) is 0. The Hall–Kier alpha value is -0.460. The largest absolute Gasteiger partial charge is 0.392 e. The van der Waals surface area contributed by atoms with Gasteiger partial charge in [-0.25, -0.2) is 0 Å². The molecule has 0 aliphatic heterocycles. The molecular weight excluding hydrogens is 440 g/mol. The number of allylic oxidation sites excluding steroid dienone is 1. The van der Waals surface area contributed by atoms with Crippen molar-refractivity contribution in [2.75, 3.05) is 0 Å². The van der Waals surface area contributed by atoms with Gasteiger partial charge >= 0.3 is 0 Å². The molecule has 11 atom stereocenters. The highest BCUT2D eigenvalue weighted by Crippen LogP contribution is 2.75. The second-order valence-electron chi connectivity index (χ2n) is 14.7. The SMILES string of the molecule is C[C@H]([C@H](O)[C@@H](O)[C@H](O)C(C)(C)O)[C@H]1CC[C@@]2(C)[C@@H]3CC=C4[C@@H](CC[C@H](O)C4(C)C)[C@]3(C)CC[C@]12C. The molecule has 5 N–H and O–H groups in total. The maximum atomic E-state index is 11.1. The van der Waals surface area contributed by atoms with Gasteiger partial charge in [-0.2, -0.15) is 0 Å². The van der Waals surface area contributed by atoms with E-state index in [2.05, 4.69) is 40.7 Å². The van der Waals surface area contributed by atoms with Crippen LogP contribution in [0.1, 0.15) is 100 Å². The van der Waals surface area contributed by atoms with Gasteiger partial charge < -0.3 is 25.5 Å². The van der Waals surface area contributed by atoms with E-state index in [9.17, 15) is 25.5 Å². The van der Waals surface area contributed by atoms with Crippen molar-refractivity contribution in [3.8, 4) is 0 Å².